The summed E-state index contributed by atoms with van der Waals surface area (Å²) >= 11 is 0. The van der Waals surface area contributed by atoms with Gasteiger partial charge in [-0.2, -0.15) is 0 Å². The Balaban J connectivity index is 1.95. The summed E-state index contributed by atoms with van der Waals surface area (Å²) < 4.78 is 29.7. The summed E-state index contributed by atoms with van der Waals surface area (Å²) in [5.74, 6) is 0.243. The lowest BCUT2D eigenvalue weighted by atomic mass is 10.2. The summed E-state index contributed by atoms with van der Waals surface area (Å²) in [6, 6.07) is 15.5. The second kappa shape index (κ2) is 6.74. The normalized spacial score (nSPS) is 12.9. The summed E-state index contributed by atoms with van der Waals surface area (Å²) in [5.41, 5.74) is 0.988. The highest BCUT2D eigenvalue weighted by Crippen LogP contribution is 2.14. The summed E-state index contributed by atoms with van der Waals surface area (Å²) in [7, 11) is -3.51. The number of ether oxygens (including phenoxy) is 1. The van der Waals surface area contributed by atoms with Crippen LogP contribution in [-0.2, 0) is 9.84 Å². The minimum absolute atomic E-state index is 0.0604. The van der Waals surface area contributed by atoms with Crippen LogP contribution in [0.15, 0.2) is 59.5 Å². The average Bonchev–Trinajstić information content (AvgIpc) is 2.46. The van der Waals surface area contributed by atoms with Crippen LogP contribution in [0, 0.1) is 6.92 Å². The number of aliphatic hydroxyl groups excluding tert-OH is 1. The van der Waals surface area contributed by atoms with Crippen molar-refractivity contribution in [2.24, 2.45) is 0 Å². The van der Waals surface area contributed by atoms with Gasteiger partial charge in [0.25, 0.3) is 0 Å². The van der Waals surface area contributed by atoms with Gasteiger partial charge in [0.15, 0.2) is 9.84 Å². The van der Waals surface area contributed by atoms with Crippen molar-refractivity contribution in [3.8, 4) is 5.75 Å². The van der Waals surface area contributed by atoms with Crippen LogP contribution in [0.3, 0.4) is 0 Å². The van der Waals surface area contributed by atoms with E-state index in [0.29, 0.717) is 5.75 Å². The number of hydrogen-bond acceptors (Lipinski definition) is 4. The maximum Gasteiger partial charge on any atom is 0.181 e. The van der Waals surface area contributed by atoms with Crippen LogP contribution in [0.25, 0.3) is 0 Å². The first-order valence-electron chi connectivity index (χ1n) is 6.63. The highest BCUT2D eigenvalue weighted by Gasteiger charge is 2.20. The predicted molar refractivity (Wildman–Crippen MR) is 81.2 cm³/mol. The van der Waals surface area contributed by atoms with Crippen LogP contribution >= 0.6 is 0 Å². The van der Waals surface area contributed by atoms with Gasteiger partial charge in [-0.3, -0.25) is 0 Å². The molecule has 0 amide bonds. The zero-order valence-corrected chi connectivity index (χ0v) is 12.6. The molecule has 5 heteroatoms. The maximum atomic E-state index is 12.1. The summed E-state index contributed by atoms with van der Waals surface area (Å²) in [6.07, 6.45) is -1.07. The molecule has 0 heterocycles. The van der Waals surface area contributed by atoms with E-state index in [9.17, 15) is 13.5 Å². The van der Waals surface area contributed by atoms with Crippen molar-refractivity contribution in [2.45, 2.75) is 17.9 Å². The molecule has 0 aliphatic rings. The Morgan fingerprint density at radius 3 is 2.29 bits per heavy atom. The fourth-order valence-electron chi connectivity index (χ4n) is 1.85. The molecule has 2 aromatic rings. The van der Waals surface area contributed by atoms with Gasteiger partial charge in [0.05, 0.1) is 10.6 Å². The van der Waals surface area contributed by atoms with Crippen LogP contribution in [0.4, 0.5) is 0 Å². The van der Waals surface area contributed by atoms with E-state index in [4.69, 9.17) is 4.74 Å². The second-order valence-electron chi connectivity index (χ2n) is 4.87. The molecule has 0 radical (unpaired) electrons. The lowest BCUT2D eigenvalue weighted by molar-refractivity contribution is 0.125. The van der Waals surface area contributed by atoms with Crippen LogP contribution in [0.1, 0.15) is 5.56 Å². The zero-order valence-electron chi connectivity index (χ0n) is 11.8. The first-order chi connectivity index (χ1) is 9.97. The van der Waals surface area contributed by atoms with Crippen LogP contribution in [-0.4, -0.2) is 32.0 Å². The molecule has 1 unspecified atom stereocenters. The summed E-state index contributed by atoms with van der Waals surface area (Å²) in [5, 5.41) is 9.86. The number of aliphatic hydroxyl groups is 1. The van der Waals surface area contributed by atoms with Crippen molar-refractivity contribution in [1.82, 2.24) is 0 Å². The van der Waals surface area contributed by atoms with Crippen molar-refractivity contribution in [1.29, 1.82) is 0 Å². The molecular formula is C16H18O4S. The Hall–Kier alpha value is -1.85. The lowest BCUT2D eigenvalue weighted by Gasteiger charge is -2.13. The van der Waals surface area contributed by atoms with Crippen molar-refractivity contribution in [2.75, 3.05) is 12.4 Å². The fourth-order valence-corrected chi connectivity index (χ4v) is 3.20. The first-order valence-corrected chi connectivity index (χ1v) is 8.28. The third kappa shape index (κ3) is 4.58. The van der Waals surface area contributed by atoms with Crippen molar-refractivity contribution >= 4 is 9.84 Å². The van der Waals surface area contributed by atoms with Gasteiger partial charge >= 0.3 is 0 Å². The third-order valence-electron chi connectivity index (χ3n) is 2.98. The summed E-state index contributed by atoms with van der Waals surface area (Å²) in [6.45, 7) is 1.83. The van der Waals surface area contributed by atoms with Crippen LogP contribution in [0.5, 0.6) is 5.75 Å². The summed E-state index contributed by atoms with van der Waals surface area (Å²) in [4.78, 5) is 0.215. The average molecular weight is 306 g/mol. The van der Waals surface area contributed by atoms with Crippen molar-refractivity contribution in [3.05, 3.63) is 60.2 Å². The third-order valence-corrected chi connectivity index (χ3v) is 4.79. The van der Waals surface area contributed by atoms with E-state index in [1.54, 1.807) is 36.4 Å². The highest BCUT2D eigenvalue weighted by atomic mass is 32.2. The van der Waals surface area contributed by atoms with Crippen LogP contribution < -0.4 is 4.74 Å². The molecule has 0 aromatic heterocycles. The maximum absolute atomic E-state index is 12.1. The molecule has 112 valence electrons. The van der Waals surface area contributed by atoms with Gasteiger partial charge in [0.1, 0.15) is 18.5 Å². The van der Waals surface area contributed by atoms with Gasteiger partial charge in [-0.1, -0.05) is 35.9 Å². The molecule has 0 aliphatic heterocycles. The molecule has 1 N–H and O–H groups in total. The number of rotatable bonds is 6. The highest BCUT2D eigenvalue weighted by molar-refractivity contribution is 7.91. The van der Waals surface area contributed by atoms with E-state index in [2.05, 4.69) is 0 Å². The number of hydrogen-bond donors (Lipinski definition) is 1. The van der Waals surface area contributed by atoms with E-state index in [1.165, 1.54) is 0 Å². The van der Waals surface area contributed by atoms with E-state index in [1.807, 2.05) is 25.1 Å². The van der Waals surface area contributed by atoms with Gasteiger partial charge in [-0.25, -0.2) is 8.42 Å². The van der Waals surface area contributed by atoms with Gasteiger partial charge < -0.3 is 9.84 Å². The largest absolute Gasteiger partial charge is 0.491 e. The molecule has 0 spiro atoms. The standard InChI is InChI=1S/C16H18O4S/c1-13-7-9-16(10-8-13)21(18,19)12-14(17)11-20-15-5-3-2-4-6-15/h2-10,14,17H,11-12H2,1H3. The number of benzene rings is 2. The Morgan fingerprint density at radius 1 is 1.05 bits per heavy atom. The molecule has 2 rings (SSSR count). The quantitative estimate of drug-likeness (QED) is 0.889. The Morgan fingerprint density at radius 2 is 1.67 bits per heavy atom. The molecule has 0 saturated carbocycles. The zero-order chi connectivity index (χ0) is 15.3. The topological polar surface area (TPSA) is 63.6 Å². The first kappa shape index (κ1) is 15.5. The minimum atomic E-state index is -3.51. The molecule has 0 fully saturated rings. The fraction of sp³-hybridized carbons (Fsp3) is 0.250. The molecule has 0 bridgehead atoms. The molecule has 0 aliphatic carbocycles. The molecule has 2 aromatic carbocycles. The second-order valence-corrected chi connectivity index (χ2v) is 6.91. The van der Waals surface area contributed by atoms with Crippen molar-refractivity contribution in [3.63, 3.8) is 0 Å². The Bertz CT molecular complexity index is 663. The number of sulfone groups is 1. The molecule has 4 nitrogen and oxygen atoms in total. The smallest absolute Gasteiger partial charge is 0.181 e. The minimum Gasteiger partial charge on any atom is -0.491 e. The molecule has 21 heavy (non-hydrogen) atoms. The van der Waals surface area contributed by atoms with Gasteiger partial charge in [-0.05, 0) is 31.2 Å². The van der Waals surface area contributed by atoms with E-state index in [-0.39, 0.29) is 17.3 Å². The van der Waals surface area contributed by atoms with E-state index < -0.39 is 15.9 Å². The van der Waals surface area contributed by atoms with Gasteiger partial charge in [-0.15, -0.1) is 0 Å². The lowest BCUT2D eigenvalue weighted by Crippen LogP contribution is -2.27. The Kier molecular flexibility index (Phi) is 4.98. The molecule has 1 atom stereocenters. The van der Waals surface area contributed by atoms with E-state index in [0.717, 1.165) is 5.56 Å². The Labute approximate surface area is 124 Å². The SMILES string of the molecule is Cc1ccc(S(=O)(=O)CC(O)COc2ccccc2)cc1. The van der Waals surface area contributed by atoms with Crippen molar-refractivity contribution < 1.29 is 18.3 Å². The predicted octanol–water partition coefficient (Wildman–Crippen LogP) is 2.21. The van der Waals surface area contributed by atoms with Crippen LogP contribution in [0.2, 0.25) is 0 Å². The molecular weight excluding hydrogens is 288 g/mol. The van der Waals surface area contributed by atoms with Gasteiger partial charge in [0, 0.05) is 0 Å². The van der Waals surface area contributed by atoms with Gasteiger partial charge in [0.2, 0.25) is 0 Å². The number of aryl methyl sites for hydroxylation is 1. The monoisotopic (exact) mass is 306 g/mol. The number of para-hydroxylation sites is 1. The molecule has 0 saturated heterocycles. The van der Waals surface area contributed by atoms with E-state index >= 15 is 0 Å².